The van der Waals surface area contributed by atoms with Gasteiger partial charge in [0.15, 0.2) is 0 Å². The molecule has 0 amide bonds. The first-order chi connectivity index (χ1) is 14.2. The number of rotatable bonds is 6. The van der Waals surface area contributed by atoms with Crippen LogP contribution in [-0.2, 0) is 15.0 Å². The lowest BCUT2D eigenvalue weighted by atomic mass is 9.66. The van der Waals surface area contributed by atoms with Crippen LogP contribution in [0.2, 0.25) is 5.02 Å². The third-order valence-electron chi connectivity index (χ3n) is 5.82. The van der Waals surface area contributed by atoms with Gasteiger partial charge in [0.1, 0.15) is 11.5 Å². The van der Waals surface area contributed by atoms with Crippen molar-refractivity contribution in [1.29, 1.82) is 0 Å². The Balaban J connectivity index is 2.31. The van der Waals surface area contributed by atoms with Gasteiger partial charge in [-0.2, -0.15) is 0 Å². The molecule has 0 saturated heterocycles. The number of carbonyl (C=O) groups is 2. The number of carboxylic acids is 2. The van der Waals surface area contributed by atoms with Gasteiger partial charge < -0.3 is 19.5 Å². The van der Waals surface area contributed by atoms with Gasteiger partial charge in [-0.25, -0.2) is 9.59 Å². The van der Waals surface area contributed by atoms with Crippen LogP contribution in [0.15, 0.2) is 63.4 Å². The average Bonchev–Trinajstić information content (AvgIpc) is 3.18. The lowest BCUT2D eigenvalue weighted by Gasteiger charge is -2.42. The largest absolute Gasteiger partial charge is 0.478 e. The summed E-state index contributed by atoms with van der Waals surface area (Å²) in [6, 6.07) is 10.4. The third-order valence-corrected chi connectivity index (χ3v) is 6.07. The van der Waals surface area contributed by atoms with Crippen LogP contribution in [0, 0.1) is 0 Å². The van der Waals surface area contributed by atoms with Gasteiger partial charge in [0, 0.05) is 28.5 Å². The number of aliphatic carboxylic acids is 2. The summed E-state index contributed by atoms with van der Waals surface area (Å²) in [4.78, 5) is 26.5. The lowest BCUT2D eigenvalue weighted by Crippen LogP contribution is -2.45. The van der Waals surface area contributed by atoms with Crippen molar-refractivity contribution in [2.75, 3.05) is 6.54 Å². The van der Waals surface area contributed by atoms with Gasteiger partial charge in [0.25, 0.3) is 0 Å². The van der Waals surface area contributed by atoms with Gasteiger partial charge in [-0.1, -0.05) is 18.5 Å². The summed E-state index contributed by atoms with van der Waals surface area (Å²) < 4.78 is 6.11. The Labute approximate surface area is 180 Å². The van der Waals surface area contributed by atoms with E-state index in [1.807, 2.05) is 6.92 Å². The summed E-state index contributed by atoms with van der Waals surface area (Å²) in [6.07, 6.45) is 0.218. The highest BCUT2D eigenvalue weighted by molar-refractivity contribution is 6.30. The number of nitrogens with zero attached hydrogens (tertiary/aromatic N) is 1. The molecule has 0 unspecified atom stereocenters. The van der Waals surface area contributed by atoms with Crippen molar-refractivity contribution in [2.45, 2.75) is 39.5 Å². The van der Waals surface area contributed by atoms with Crippen molar-refractivity contribution in [1.82, 2.24) is 4.90 Å². The van der Waals surface area contributed by atoms with Crippen molar-refractivity contribution in [2.24, 2.45) is 0 Å². The van der Waals surface area contributed by atoms with E-state index in [2.05, 4.69) is 0 Å². The van der Waals surface area contributed by atoms with Crippen LogP contribution in [0.1, 0.15) is 39.9 Å². The smallest absolute Gasteiger partial charge is 0.334 e. The number of hydrogen-bond acceptors (Lipinski definition) is 4. The van der Waals surface area contributed by atoms with Gasteiger partial charge in [0.2, 0.25) is 0 Å². The quantitative estimate of drug-likeness (QED) is 0.647. The first kappa shape index (κ1) is 21.7. The molecular weight excluding hydrogens is 406 g/mol. The number of hydrogen-bond donors (Lipinski definition) is 2. The van der Waals surface area contributed by atoms with Gasteiger partial charge in [-0.05, 0) is 63.6 Å². The Morgan fingerprint density at radius 3 is 1.93 bits per heavy atom. The minimum absolute atomic E-state index is 0.0202. The predicted molar refractivity (Wildman–Crippen MR) is 114 cm³/mol. The molecule has 1 aliphatic rings. The summed E-state index contributed by atoms with van der Waals surface area (Å²) in [5.74, 6) is -1.52. The highest BCUT2D eigenvalue weighted by atomic mass is 35.5. The molecule has 2 heterocycles. The van der Waals surface area contributed by atoms with Crippen LogP contribution in [0.25, 0.3) is 11.3 Å². The normalized spacial score (nSPS) is 16.2. The third kappa shape index (κ3) is 3.21. The molecule has 0 aliphatic carbocycles. The Kier molecular flexibility index (Phi) is 5.81. The van der Waals surface area contributed by atoms with E-state index < -0.39 is 17.4 Å². The van der Waals surface area contributed by atoms with Crippen LogP contribution in [0.4, 0.5) is 0 Å². The molecule has 0 spiro atoms. The molecule has 1 aliphatic heterocycles. The zero-order chi connectivity index (χ0) is 22.2. The van der Waals surface area contributed by atoms with Crippen LogP contribution >= 0.6 is 11.6 Å². The highest BCUT2D eigenvalue weighted by Gasteiger charge is 2.52. The maximum atomic E-state index is 12.4. The molecule has 0 fully saturated rings. The Morgan fingerprint density at radius 1 is 0.967 bits per heavy atom. The SMILES string of the molecule is CCN1C(C)=C(C(=O)O)C(CC)(c2ccc(-c3ccc(Cl)cc3)o2)C(C(=O)O)=C1C. The molecule has 0 atom stereocenters. The summed E-state index contributed by atoms with van der Waals surface area (Å²) in [5, 5.41) is 20.9. The van der Waals surface area contributed by atoms with Gasteiger partial charge in [0.05, 0.1) is 16.6 Å². The van der Waals surface area contributed by atoms with E-state index in [0.717, 1.165) is 5.56 Å². The minimum Gasteiger partial charge on any atom is -0.478 e. The van der Waals surface area contributed by atoms with Crippen LogP contribution < -0.4 is 0 Å². The molecular formula is C23H24ClNO5. The van der Waals surface area contributed by atoms with Crippen molar-refractivity contribution >= 4 is 23.5 Å². The van der Waals surface area contributed by atoms with E-state index in [4.69, 9.17) is 16.0 Å². The average molecular weight is 430 g/mol. The lowest BCUT2D eigenvalue weighted by molar-refractivity contribution is -0.134. The topological polar surface area (TPSA) is 91.0 Å². The van der Waals surface area contributed by atoms with Crippen LogP contribution in [0.5, 0.6) is 0 Å². The fourth-order valence-electron chi connectivity index (χ4n) is 4.52. The summed E-state index contributed by atoms with van der Waals surface area (Å²) in [5.41, 5.74) is 0.414. The van der Waals surface area contributed by atoms with Crippen molar-refractivity contribution in [3.8, 4) is 11.3 Å². The molecule has 6 nitrogen and oxygen atoms in total. The van der Waals surface area contributed by atoms with E-state index in [-0.39, 0.29) is 17.6 Å². The molecule has 2 aromatic rings. The molecule has 30 heavy (non-hydrogen) atoms. The number of halogens is 1. The molecule has 2 N–H and O–H groups in total. The van der Waals surface area contributed by atoms with E-state index in [1.165, 1.54) is 0 Å². The summed E-state index contributed by atoms with van der Waals surface area (Å²) >= 11 is 5.96. The molecule has 0 radical (unpaired) electrons. The van der Waals surface area contributed by atoms with E-state index in [0.29, 0.717) is 34.5 Å². The van der Waals surface area contributed by atoms with E-state index >= 15 is 0 Å². The van der Waals surface area contributed by atoms with Crippen LogP contribution in [-0.4, -0.2) is 33.6 Å². The molecule has 7 heteroatoms. The van der Waals surface area contributed by atoms with E-state index in [9.17, 15) is 19.8 Å². The number of benzene rings is 1. The first-order valence-corrected chi connectivity index (χ1v) is 10.1. The molecule has 158 valence electrons. The Bertz CT molecular complexity index is 1020. The second-order valence-corrected chi connectivity index (χ2v) is 7.64. The van der Waals surface area contributed by atoms with E-state index in [1.54, 1.807) is 62.1 Å². The fourth-order valence-corrected chi connectivity index (χ4v) is 4.65. The monoisotopic (exact) mass is 429 g/mol. The number of furan rings is 1. The molecule has 1 aromatic carbocycles. The zero-order valence-electron chi connectivity index (χ0n) is 17.3. The first-order valence-electron chi connectivity index (χ1n) is 9.72. The predicted octanol–water partition coefficient (Wildman–Crippen LogP) is 5.30. The summed E-state index contributed by atoms with van der Waals surface area (Å²) in [6.45, 7) is 7.51. The number of allylic oxidation sites excluding steroid dienone is 2. The van der Waals surface area contributed by atoms with Crippen molar-refractivity contribution in [3.05, 3.63) is 69.7 Å². The Hall–Kier alpha value is -2.99. The van der Waals surface area contributed by atoms with Crippen molar-refractivity contribution in [3.63, 3.8) is 0 Å². The molecule has 0 bridgehead atoms. The minimum atomic E-state index is -1.41. The second kappa shape index (κ2) is 8.03. The van der Waals surface area contributed by atoms with Crippen molar-refractivity contribution < 1.29 is 24.2 Å². The summed E-state index contributed by atoms with van der Waals surface area (Å²) in [7, 11) is 0. The van der Waals surface area contributed by atoms with Gasteiger partial charge in [-0.15, -0.1) is 0 Å². The maximum Gasteiger partial charge on any atom is 0.334 e. The van der Waals surface area contributed by atoms with Crippen LogP contribution in [0.3, 0.4) is 0 Å². The fraction of sp³-hybridized carbons (Fsp3) is 0.304. The molecule has 1 aromatic heterocycles. The van der Waals surface area contributed by atoms with Gasteiger partial charge in [-0.3, -0.25) is 0 Å². The maximum absolute atomic E-state index is 12.4. The molecule has 3 rings (SSSR count). The zero-order valence-corrected chi connectivity index (χ0v) is 18.1. The molecule has 0 saturated carbocycles. The van der Waals surface area contributed by atoms with Gasteiger partial charge >= 0.3 is 11.9 Å². The highest BCUT2D eigenvalue weighted by Crippen LogP contribution is 2.50. The Morgan fingerprint density at radius 2 is 1.50 bits per heavy atom. The second-order valence-electron chi connectivity index (χ2n) is 7.21. The number of carboxylic acid groups (broad SMARTS) is 2. The standard InChI is InChI=1S/C23H24ClNO5/c1-5-23(18-12-11-17(30-18)15-7-9-16(24)10-8-15)19(21(26)27)13(3)25(6-2)14(4)20(23)22(28)29/h7-12H,5-6H2,1-4H3,(H,26,27)(H,28,29).